The van der Waals surface area contributed by atoms with Crippen LogP contribution in [0.5, 0.6) is 5.75 Å². The van der Waals surface area contributed by atoms with E-state index < -0.39 is 0 Å². The second kappa shape index (κ2) is 14.5. The third kappa shape index (κ3) is 8.09. The van der Waals surface area contributed by atoms with Crippen molar-refractivity contribution >= 4 is 23.2 Å². The van der Waals surface area contributed by atoms with Crippen LogP contribution in [0.3, 0.4) is 0 Å². The predicted octanol–water partition coefficient (Wildman–Crippen LogP) is 4.28. The standard InChI is InChI=1S/C33H39N7O2/c1-3-8-32(41)40-16-12-29(24-40)39(2)17-15-35-27-19-25-20-28(22-27)37-33-36-14-11-31(38-33)26-9-7-10-30(21-26)42-18-6-4-5-13-34-23-25/h4-5,7,9-11,14,19-22,29,34-35H,6,12-13,15-18,23-24H2,1-2H3,(H,36,37,38)/b5-4+. The Labute approximate surface area is 248 Å². The normalized spacial score (nSPS) is 17.6. The topological polar surface area (TPSA) is 94.7 Å². The summed E-state index contributed by atoms with van der Waals surface area (Å²) in [7, 11) is 2.12. The van der Waals surface area contributed by atoms with Gasteiger partial charge in [0.05, 0.1) is 12.3 Å². The molecule has 218 valence electrons. The summed E-state index contributed by atoms with van der Waals surface area (Å²) in [6.45, 7) is 6.94. The molecule has 2 aliphatic heterocycles. The lowest BCUT2D eigenvalue weighted by Crippen LogP contribution is -2.38. The molecule has 2 aromatic carbocycles. The Hall–Kier alpha value is -4.39. The number of aromatic nitrogens is 2. The molecule has 0 saturated carbocycles. The summed E-state index contributed by atoms with van der Waals surface area (Å²) < 4.78 is 5.95. The van der Waals surface area contributed by atoms with Crippen LogP contribution in [0.4, 0.5) is 17.3 Å². The number of carbonyl (C=O) groups excluding carboxylic acids is 1. The van der Waals surface area contributed by atoms with E-state index in [1.165, 1.54) is 0 Å². The third-order valence-electron chi connectivity index (χ3n) is 7.45. The molecule has 5 rings (SSSR count). The fourth-order valence-electron chi connectivity index (χ4n) is 5.20. The van der Waals surface area contributed by atoms with Crippen molar-refractivity contribution in [2.24, 2.45) is 0 Å². The zero-order chi connectivity index (χ0) is 29.1. The van der Waals surface area contributed by atoms with E-state index in [2.05, 4.69) is 75.1 Å². The number of hydrogen-bond donors (Lipinski definition) is 3. The van der Waals surface area contributed by atoms with E-state index in [1.807, 2.05) is 35.2 Å². The number of amides is 1. The second-order valence-corrected chi connectivity index (χ2v) is 10.6. The molecule has 1 unspecified atom stereocenters. The van der Waals surface area contributed by atoms with Crippen LogP contribution in [0.25, 0.3) is 11.3 Å². The molecule has 9 heteroatoms. The maximum Gasteiger partial charge on any atom is 0.298 e. The molecule has 0 aliphatic carbocycles. The van der Waals surface area contributed by atoms with Crippen LogP contribution in [0.1, 0.15) is 25.3 Å². The van der Waals surface area contributed by atoms with Gasteiger partial charge in [-0.05, 0) is 74.7 Å². The molecule has 1 aromatic heterocycles. The molecule has 0 radical (unpaired) electrons. The molecular weight excluding hydrogens is 526 g/mol. The lowest BCUT2D eigenvalue weighted by Gasteiger charge is -2.24. The lowest BCUT2D eigenvalue weighted by molar-refractivity contribution is -0.124. The monoisotopic (exact) mass is 565 g/mol. The number of likely N-dealkylation sites (N-methyl/N-ethyl adjacent to an activating group) is 1. The first kappa shape index (κ1) is 29.1. The van der Waals surface area contributed by atoms with Crippen LogP contribution in [-0.2, 0) is 11.3 Å². The number of anilines is 3. The predicted molar refractivity (Wildman–Crippen MR) is 168 cm³/mol. The van der Waals surface area contributed by atoms with Gasteiger partial charge in [-0.3, -0.25) is 9.69 Å². The van der Waals surface area contributed by atoms with Gasteiger partial charge in [-0.15, -0.1) is 0 Å². The number of carbonyl (C=O) groups is 1. The van der Waals surface area contributed by atoms with Crippen LogP contribution in [0.15, 0.2) is 66.9 Å². The molecule has 1 amide bonds. The van der Waals surface area contributed by atoms with Gasteiger partial charge in [0, 0.05) is 68.4 Å². The van der Waals surface area contributed by atoms with Crippen LogP contribution in [-0.4, -0.2) is 78.1 Å². The van der Waals surface area contributed by atoms with Gasteiger partial charge in [0.15, 0.2) is 0 Å². The Morgan fingerprint density at radius 3 is 3.05 bits per heavy atom. The maximum atomic E-state index is 12.1. The number of hydrogen-bond acceptors (Lipinski definition) is 8. The van der Waals surface area contributed by atoms with Gasteiger partial charge in [-0.25, -0.2) is 9.97 Å². The highest BCUT2D eigenvalue weighted by atomic mass is 16.5. The maximum absolute atomic E-state index is 12.1. The minimum Gasteiger partial charge on any atom is -0.493 e. The van der Waals surface area contributed by atoms with Crippen LogP contribution < -0.4 is 20.7 Å². The van der Waals surface area contributed by atoms with Crippen LogP contribution in [0, 0.1) is 11.8 Å². The SMILES string of the molecule is CC#CC(=O)N1CCC(N(C)CCNc2cc3cc(c2)Nc2nccc(n2)-c2cccc(c2)OCC/C=C/CNC3)C1. The van der Waals surface area contributed by atoms with Crippen molar-refractivity contribution in [2.45, 2.75) is 32.4 Å². The molecule has 42 heavy (non-hydrogen) atoms. The Kier molecular flexibility index (Phi) is 10.0. The smallest absolute Gasteiger partial charge is 0.298 e. The average molecular weight is 566 g/mol. The van der Waals surface area contributed by atoms with E-state index in [0.29, 0.717) is 18.6 Å². The molecule has 6 bridgehead atoms. The van der Waals surface area contributed by atoms with Crippen molar-refractivity contribution in [3.63, 3.8) is 0 Å². The van der Waals surface area contributed by atoms with Gasteiger partial charge in [0.25, 0.3) is 5.91 Å². The van der Waals surface area contributed by atoms with Crippen LogP contribution >= 0.6 is 0 Å². The number of nitrogens with zero attached hydrogens (tertiary/aromatic N) is 4. The first-order valence-electron chi connectivity index (χ1n) is 14.6. The van der Waals surface area contributed by atoms with Crippen molar-refractivity contribution in [3.8, 4) is 28.8 Å². The van der Waals surface area contributed by atoms with Crippen LogP contribution in [0.2, 0.25) is 0 Å². The Bertz CT molecular complexity index is 1460. The van der Waals surface area contributed by atoms with Gasteiger partial charge in [-0.2, -0.15) is 0 Å². The zero-order valence-corrected chi connectivity index (χ0v) is 24.4. The number of nitrogens with one attached hydrogen (secondary N) is 3. The molecular formula is C33H39N7O2. The minimum atomic E-state index is -0.0762. The lowest BCUT2D eigenvalue weighted by atomic mass is 10.1. The van der Waals surface area contributed by atoms with E-state index in [4.69, 9.17) is 9.72 Å². The quantitative estimate of drug-likeness (QED) is 0.312. The van der Waals surface area contributed by atoms with E-state index in [1.54, 1.807) is 13.1 Å². The molecule has 0 spiro atoms. The molecule has 1 saturated heterocycles. The summed E-state index contributed by atoms with van der Waals surface area (Å²) in [4.78, 5) is 25.6. The Morgan fingerprint density at radius 1 is 1.21 bits per heavy atom. The van der Waals surface area contributed by atoms with Crippen molar-refractivity contribution < 1.29 is 9.53 Å². The summed E-state index contributed by atoms with van der Waals surface area (Å²) in [6, 6.07) is 16.6. The third-order valence-corrected chi connectivity index (χ3v) is 7.45. The molecule has 3 N–H and O–H groups in total. The van der Waals surface area contributed by atoms with Crippen molar-refractivity contribution in [3.05, 3.63) is 72.4 Å². The van der Waals surface area contributed by atoms with Crippen molar-refractivity contribution in [1.82, 2.24) is 25.1 Å². The number of fused-ring (bicyclic) bond motifs is 7. The van der Waals surface area contributed by atoms with E-state index in [9.17, 15) is 4.79 Å². The Balaban J connectivity index is 1.28. The van der Waals surface area contributed by atoms with E-state index in [0.717, 1.165) is 86.1 Å². The van der Waals surface area contributed by atoms with E-state index in [-0.39, 0.29) is 5.91 Å². The van der Waals surface area contributed by atoms with E-state index >= 15 is 0 Å². The molecule has 2 aliphatic rings. The zero-order valence-electron chi connectivity index (χ0n) is 24.4. The van der Waals surface area contributed by atoms with Gasteiger partial charge in [0.1, 0.15) is 5.75 Å². The number of benzene rings is 2. The molecule has 3 aromatic rings. The molecule has 3 heterocycles. The molecule has 1 atom stereocenters. The summed E-state index contributed by atoms with van der Waals surface area (Å²) in [6.07, 6.45) is 7.87. The summed E-state index contributed by atoms with van der Waals surface area (Å²) >= 11 is 0. The largest absolute Gasteiger partial charge is 0.493 e. The highest BCUT2D eigenvalue weighted by Crippen LogP contribution is 2.26. The fraction of sp³-hybridized carbons (Fsp3) is 0.364. The number of rotatable bonds is 5. The average Bonchev–Trinajstić information content (AvgIpc) is 3.49. The first-order valence-corrected chi connectivity index (χ1v) is 14.6. The fourth-order valence-corrected chi connectivity index (χ4v) is 5.20. The molecule has 1 fully saturated rings. The highest BCUT2D eigenvalue weighted by Gasteiger charge is 2.27. The first-order chi connectivity index (χ1) is 20.6. The number of likely N-dealkylation sites (tertiary alicyclic amines) is 1. The minimum absolute atomic E-state index is 0.0762. The van der Waals surface area contributed by atoms with Gasteiger partial charge in [0.2, 0.25) is 5.95 Å². The summed E-state index contributed by atoms with van der Waals surface area (Å²) in [5.74, 6) is 6.65. The molecule has 9 nitrogen and oxygen atoms in total. The van der Waals surface area contributed by atoms with Gasteiger partial charge < -0.3 is 25.6 Å². The van der Waals surface area contributed by atoms with Crippen molar-refractivity contribution in [2.75, 3.05) is 57.0 Å². The second-order valence-electron chi connectivity index (χ2n) is 10.6. The van der Waals surface area contributed by atoms with Crippen molar-refractivity contribution in [1.29, 1.82) is 0 Å². The van der Waals surface area contributed by atoms with Gasteiger partial charge >= 0.3 is 0 Å². The number of ether oxygens (including phenoxy) is 1. The summed E-state index contributed by atoms with van der Waals surface area (Å²) in [5.41, 5.74) is 4.90. The van der Waals surface area contributed by atoms with Gasteiger partial charge in [-0.1, -0.05) is 30.2 Å². The summed E-state index contributed by atoms with van der Waals surface area (Å²) in [5, 5.41) is 10.5. The Morgan fingerprint density at radius 2 is 2.14 bits per heavy atom. The highest BCUT2D eigenvalue weighted by molar-refractivity contribution is 5.93.